The molecule has 0 aliphatic rings. The Morgan fingerprint density at radius 2 is 1.45 bits per heavy atom. The van der Waals surface area contributed by atoms with Gasteiger partial charge in [-0.15, -0.1) is 0 Å². The van der Waals surface area contributed by atoms with E-state index in [1.165, 1.54) is 18.2 Å². The standard InChI is InChI=1S/C6H4F2.BH3O2/c7-5-2-1-3-6(8)4-5;2-1-3/h1-4H;1-3H. The monoisotopic (exact) mass is 160 g/mol. The van der Waals surface area contributed by atoms with Gasteiger partial charge in [-0.25, -0.2) is 8.78 Å². The predicted molar refractivity (Wildman–Crippen MR) is 37.9 cm³/mol. The van der Waals surface area contributed by atoms with Crippen molar-refractivity contribution < 1.29 is 18.8 Å². The van der Waals surface area contributed by atoms with Crippen LogP contribution in [0.5, 0.6) is 0 Å². The van der Waals surface area contributed by atoms with Crippen molar-refractivity contribution in [3.63, 3.8) is 0 Å². The van der Waals surface area contributed by atoms with E-state index >= 15 is 0 Å². The van der Waals surface area contributed by atoms with Gasteiger partial charge in [0, 0.05) is 6.07 Å². The summed E-state index contributed by atoms with van der Waals surface area (Å²) in [5.74, 6) is -1.07. The summed E-state index contributed by atoms with van der Waals surface area (Å²) in [6, 6.07) is 4.55. The lowest BCUT2D eigenvalue weighted by molar-refractivity contribution is 0.448. The zero-order valence-electron chi connectivity index (χ0n) is 5.67. The van der Waals surface area contributed by atoms with Gasteiger partial charge in [0.1, 0.15) is 11.6 Å². The molecule has 0 fully saturated rings. The van der Waals surface area contributed by atoms with E-state index in [0.717, 1.165) is 6.07 Å². The molecule has 0 spiro atoms. The highest BCUT2D eigenvalue weighted by Crippen LogP contribution is 1.99. The molecule has 0 aliphatic carbocycles. The average Bonchev–Trinajstić information content (AvgIpc) is 1.88. The first-order valence-corrected chi connectivity index (χ1v) is 2.83. The van der Waals surface area contributed by atoms with Crippen molar-refractivity contribution in [2.75, 3.05) is 0 Å². The van der Waals surface area contributed by atoms with Gasteiger partial charge in [0.2, 0.25) is 0 Å². The minimum absolute atomic E-state index is 0.537. The molecule has 0 saturated carbocycles. The highest BCUT2D eigenvalue weighted by Gasteiger charge is 1.88. The van der Waals surface area contributed by atoms with Crippen molar-refractivity contribution in [1.82, 2.24) is 0 Å². The second-order valence-corrected chi connectivity index (χ2v) is 1.58. The maximum Gasteiger partial charge on any atom is 0.432 e. The Hall–Kier alpha value is -0.935. The Balaban J connectivity index is 0.000000292. The van der Waals surface area contributed by atoms with Gasteiger partial charge in [-0.2, -0.15) is 0 Å². The van der Waals surface area contributed by atoms with E-state index < -0.39 is 19.3 Å². The Labute approximate surface area is 63.4 Å². The molecule has 1 aromatic rings. The Bertz CT molecular complexity index is 190. The predicted octanol–water partition coefficient (Wildman–Crippen LogP) is 0.202. The van der Waals surface area contributed by atoms with Gasteiger partial charge in [0.25, 0.3) is 0 Å². The molecule has 0 atom stereocenters. The largest absolute Gasteiger partial charge is 0.432 e. The lowest BCUT2D eigenvalue weighted by Gasteiger charge is -1.84. The first-order chi connectivity index (χ1) is 5.20. The number of rotatable bonds is 0. The van der Waals surface area contributed by atoms with Crippen molar-refractivity contribution in [3.05, 3.63) is 35.9 Å². The summed E-state index contributed by atoms with van der Waals surface area (Å²) < 4.78 is 23.9. The van der Waals surface area contributed by atoms with E-state index in [1.54, 1.807) is 0 Å². The normalized spacial score (nSPS) is 8.00. The maximum atomic E-state index is 11.9. The fraction of sp³-hybridized carbons (Fsp3) is 0. The van der Waals surface area contributed by atoms with Gasteiger partial charge < -0.3 is 10.0 Å². The topological polar surface area (TPSA) is 40.5 Å². The molecular formula is C6H7BF2O2. The highest BCUT2D eigenvalue weighted by atomic mass is 19.1. The third kappa shape index (κ3) is 5.51. The Morgan fingerprint density at radius 3 is 1.64 bits per heavy atom. The molecule has 0 aliphatic heterocycles. The van der Waals surface area contributed by atoms with E-state index in [2.05, 4.69) is 0 Å². The van der Waals surface area contributed by atoms with E-state index in [9.17, 15) is 8.78 Å². The summed E-state index contributed by atoms with van der Waals surface area (Å²) in [4.78, 5) is 0. The summed E-state index contributed by atoms with van der Waals surface area (Å²) in [7, 11) is -0.750. The Kier molecular flexibility index (Phi) is 5.33. The van der Waals surface area contributed by atoms with Crippen LogP contribution in [0.15, 0.2) is 24.3 Å². The van der Waals surface area contributed by atoms with E-state index in [-0.39, 0.29) is 0 Å². The van der Waals surface area contributed by atoms with Crippen molar-refractivity contribution in [2.45, 2.75) is 0 Å². The maximum absolute atomic E-state index is 11.9. The second-order valence-electron chi connectivity index (χ2n) is 1.58. The zero-order valence-corrected chi connectivity index (χ0v) is 5.67. The van der Waals surface area contributed by atoms with Crippen LogP contribution in [0.1, 0.15) is 0 Å². The number of benzene rings is 1. The number of halogens is 2. The molecule has 2 nitrogen and oxygen atoms in total. The quantitative estimate of drug-likeness (QED) is 0.532. The van der Waals surface area contributed by atoms with Crippen LogP contribution in [-0.2, 0) is 0 Å². The average molecular weight is 160 g/mol. The van der Waals surface area contributed by atoms with Crippen LogP contribution in [0.2, 0.25) is 0 Å². The molecule has 60 valence electrons. The minimum atomic E-state index is -0.750. The third-order valence-electron chi connectivity index (χ3n) is 0.787. The van der Waals surface area contributed by atoms with Crippen LogP contribution in [-0.4, -0.2) is 17.7 Å². The number of hydrogen-bond acceptors (Lipinski definition) is 2. The first kappa shape index (κ1) is 10.1. The minimum Gasteiger partial charge on any atom is -0.430 e. The van der Waals surface area contributed by atoms with Crippen LogP contribution < -0.4 is 0 Å². The molecule has 1 rings (SSSR count). The van der Waals surface area contributed by atoms with E-state index in [4.69, 9.17) is 10.0 Å². The van der Waals surface area contributed by atoms with E-state index in [1.807, 2.05) is 0 Å². The van der Waals surface area contributed by atoms with E-state index in [0.29, 0.717) is 0 Å². The fourth-order valence-electron chi connectivity index (χ4n) is 0.460. The molecule has 11 heavy (non-hydrogen) atoms. The summed E-state index contributed by atoms with van der Waals surface area (Å²) in [6.45, 7) is 0. The van der Waals surface area contributed by atoms with Crippen molar-refractivity contribution in [3.8, 4) is 0 Å². The fourth-order valence-corrected chi connectivity index (χ4v) is 0.460. The lowest BCUT2D eigenvalue weighted by atomic mass is 10.3. The molecule has 1 aromatic carbocycles. The van der Waals surface area contributed by atoms with Gasteiger partial charge in [-0.1, -0.05) is 6.07 Å². The third-order valence-corrected chi connectivity index (χ3v) is 0.787. The molecule has 0 saturated heterocycles. The van der Waals surface area contributed by atoms with Crippen molar-refractivity contribution in [2.24, 2.45) is 0 Å². The van der Waals surface area contributed by atoms with Crippen molar-refractivity contribution >= 4 is 7.69 Å². The molecule has 5 heteroatoms. The molecule has 2 N–H and O–H groups in total. The van der Waals surface area contributed by atoms with Crippen LogP contribution in [0, 0.1) is 11.6 Å². The molecule has 0 unspecified atom stereocenters. The summed E-state index contributed by atoms with van der Waals surface area (Å²) >= 11 is 0. The van der Waals surface area contributed by atoms with Gasteiger partial charge in [0.15, 0.2) is 0 Å². The summed E-state index contributed by atoms with van der Waals surface area (Å²) in [5.41, 5.74) is 0. The SMILES string of the molecule is Fc1cccc(F)c1.OBO. The zero-order chi connectivity index (χ0) is 8.69. The van der Waals surface area contributed by atoms with Crippen LogP contribution >= 0.6 is 0 Å². The Morgan fingerprint density at radius 1 is 1.09 bits per heavy atom. The molecular weight excluding hydrogens is 153 g/mol. The molecule has 0 amide bonds. The van der Waals surface area contributed by atoms with Gasteiger partial charge in [-0.05, 0) is 12.1 Å². The summed E-state index contributed by atoms with van der Waals surface area (Å²) in [5, 5.41) is 14.2. The highest BCUT2D eigenvalue weighted by molar-refractivity contribution is 6.13. The van der Waals surface area contributed by atoms with Crippen molar-refractivity contribution in [1.29, 1.82) is 0 Å². The summed E-state index contributed by atoms with van der Waals surface area (Å²) in [6.07, 6.45) is 0. The smallest absolute Gasteiger partial charge is 0.430 e. The van der Waals surface area contributed by atoms with Crippen LogP contribution in [0.25, 0.3) is 0 Å². The molecule has 0 radical (unpaired) electrons. The lowest BCUT2D eigenvalue weighted by Crippen LogP contribution is -1.75. The van der Waals surface area contributed by atoms with Crippen LogP contribution in [0.3, 0.4) is 0 Å². The second kappa shape index (κ2) is 5.82. The van der Waals surface area contributed by atoms with Gasteiger partial charge in [0.05, 0.1) is 0 Å². The molecule has 0 aromatic heterocycles. The first-order valence-electron chi connectivity index (χ1n) is 2.83. The number of hydrogen-bond donors (Lipinski definition) is 2. The molecule has 0 heterocycles. The van der Waals surface area contributed by atoms with Gasteiger partial charge in [-0.3, -0.25) is 0 Å². The van der Waals surface area contributed by atoms with Gasteiger partial charge >= 0.3 is 7.69 Å². The molecule has 0 bridgehead atoms. The van der Waals surface area contributed by atoms with Crippen LogP contribution in [0.4, 0.5) is 8.78 Å².